The van der Waals surface area contributed by atoms with Crippen LogP contribution in [0.5, 0.6) is 0 Å². The molecule has 0 saturated carbocycles. The van der Waals surface area contributed by atoms with Crippen molar-refractivity contribution in [1.82, 2.24) is 4.98 Å². The Kier molecular flexibility index (Phi) is 2.74. The van der Waals surface area contributed by atoms with E-state index >= 15 is 0 Å². The largest absolute Gasteiger partial charge is 0.391 e. The lowest BCUT2D eigenvalue weighted by molar-refractivity contribution is 0.195. The van der Waals surface area contributed by atoms with Gasteiger partial charge in [-0.15, -0.1) is 0 Å². The molecule has 4 heteroatoms. The molecule has 1 aliphatic heterocycles. The van der Waals surface area contributed by atoms with Crippen LogP contribution in [0.25, 0.3) is 0 Å². The normalized spacial score (nSPS) is 26.9. The molecule has 2 rings (SSSR count). The Balaban J connectivity index is 2.27. The van der Waals surface area contributed by atoms with Crippen molar-refractivity contribution in [1.29, 1.82) is 0 Å². The second-order valence-electron chi connectivity index (χ2n) is 3.70. The van der Waals surface area contributed by atoms with E-state index in [-0.39, 0.29) is 6.10 Å². The van der Waals surface area contributed by atoms with Crippen LogP contribution in [0.3, 0.4) is 0 Å². The molecule has 2 heterocycles. The first kappa shape index (κ1) is 9.93. The Labute approximate surface area is 91.9 Å². The predicted molar refractivity (Wildman–Crippen MR) is 59.4 cm³/mol. The lowest BCUT2D eigenvalue weighted by Gasteiger charge is -2.23. The fourth-order valence-corrected chi connectivity index (χ4v) is 2.37. The summed E-state index contributed by atoms with van der Waals surface area (Å²) in [6, 6.07) is 4.22. The van der Waals surface area contributed by atoms with Crippen molar-refractivity contribution in [3.05, 3.63) is 22.8 Å². The second-order valence-corrected chi connectivity index (χ2v) is 4.55. The third-order valence-electron chi connectivity index (χ3n) is 2.56. The first-order valence-corrected chi connectivity index (χ1v) is 5.53. The highest BCUT2D eigenvalue weighted by Gasteiger charge is 2.29. The molecule has 2 unspecified atom stereocenters. The quantitative estimate of drug-likeness (QED) is 0.833. The fraction of sp³-hybridized carbons (Fsp3) is 0.500. The van der Waals surface area contributed by atoms with Crippen molar-refractivity contribution >= 4 is 21.7 Å². The van der Waals surface area contributed by atoms with Gasteiger partial charge in [0.2, 0.25) is 0 Å². The number of pyridine rings is 1. The number of anilines is 1. The van der Waals surface area contributed by atoms with Gasteiger partial charge >= 0.3 is 0 Å². The van der Waals surface area contributed by atoms with Gasteiger partial charge in [0.1, 0.15) is 5.82 Å². The summed E-state index contributed by atoms with van der Waals surface area (Å²) in [7, 11) is 0. The van der Waals surface area contributed by atoms with E-state index in [4.69, 9.17) is 0 Å². The molecular formula is C10H13BrN2O. The van der Waals surface area contributed by atoms with Crippen LogP contribution in [-0.2, 0) is 0 Å². The molecule has 0 amide bonds. The zero-order valence-corrected chi connectivity index (χ0v) is 9.61. The summed E-state index contributed by atoms with van der Waals surface area (Å²) < 4.78 is 0.987. The van der Waals surface area contributed by atoms with Gasteiger partial charge < -0.3 is 10.0 Å². The molecule has 76 valence electrons. The molecule has 1 aliphatic rings. The standard InChI is InChI=1S/C10H13BrN2O/c1-7-5-8(14)6-13(7)10-9(11)3-2-4-12-10/h2-4,7-8,14H,5-6H2,1H3. The molecule has 0 aliphatic carbocycles. The summed E-state index contributed by atoms with van der Waals surface area (Å²) in [5, 5.41) is 9.54. The number of rotatable bonds is 1. The molecule has 0 spiro atoms. The zero-order chi connectivity index (χ0) is 10.1. The first-order chi connectivity index (χ1) is 6.68. The molecule has 0 aromatic carbocycles. The SMILES string of the molecule is CC1CC(O)CN1c1ncccc1Br. The third kappa shape index (κ3) is 1.77. The molecule has 14 heavy (non-hydrogen) atoms. The molecule has 1 saturated heterocycles. The molecule has 3 nitrogen and oxygen atoms in total. The maximum Gasteiger partial charge on any atom is 0.143 e. The van der Waals surface area contributed by atoms with Gasteiger partial charge in [0, 0.05) is 18.8 Å². The van der Waals surface area contributed by atoms with Crippen molar-refractivity contribution in [3.8, 4) is 0 Å². The van der Waals surface area contributed by atoms with Gasteiger partial charge in [0.25, 0.3) is 0 Å². The lowest BCUT2D eigenvalue weighted by atomic mass is 10.2. The van der Waals surface area contributed by atoms with Crippen molar-refractivity contribution in [2.45, 2.75) is 25.5 Å². The Morgan fingerprint density at radius 2 is 2.43 bits per heavy atom. The number of aromatic nitrogens is 1. The number of aliphatic hydroxyl groups excluding tert-OH is 1. The molecule has 2 atom stereocenters. The second kappa shape index (κ2) is 3.87. The average Bonchev–Trinajstić information content (AvgIpc) is 2.46. The molecular weight excluding hydrogens is 244 g/mol. The van der Waals surface area contributed by atoms with E-state index in [0.29, 0.717) is 12.6 Å². The van der Waals surface area contributed by atoms with E-state index in [1.165, 1.54) is 0 Å². The topological polar surface area (TPSA) is 36.4 Å². The van der Waals surface area contributed by atoms with E-state index in [2.05, 4.69) is 32.7 Å². The monoisotopic (exact) mass is 256 g/mol. The summed E-state index contributed by atoms with van der Waals surface area (Å²) in [5.41, 5.74) is 0. The fourth-order valence-electron chi connectivity index (χ4n) is 1.89. The van der Waals surface area contributed by atoms with E-state index in [0.717, 1.165) is 16.7 Å². The molecule has 0 radical (unpaired) electrons. The number of nitrogens with zero attached hydrogens (tertiary/aromatic N) is 2. The summed E-state index contributed by atoms with van der Waals surface area (Å²) >= 11 is 3.47. The lowest BCUT2D eigenvalue weighted by Crippen LogP contribution is -2.28. The van der Waals surface area contributed by atoms with Gasteiger partial charge in [-0.2, -0.15) is 0 Å². The first-order valence-electron chi connectivity index (χ1n) is 4.73. The van der Waals surface area contributed by atoms with Crippen molar-refractivity contribution in [2.75, 3.05) is 11.4 Å². The van der Waals surface area contributed by atoms with Crippen LogP contribution in [-0.4, -0.2) is 28.8 Å². The number of halogens is 1. The van der Waals surface area contributed by atoms with Crippen LogP contribution < -0.4 is 4.90 Å². The molecule has 0 bridgehead atoms. The smallest absolute Gasteiger partial charge is 0.143 e. The van der Waals surface area contributed by atoms with Crippen LogP contribution in [0.1, 0.15) is 13.3 Å². The van der Waals surface area contributed by atoms with Crippen LogP contribution in [0.2, 0.25) is 0 Å². The Morgan fingerprint density at radius 1 is 1.64 bits per heavy atom. The van der Waals surface area contributed by atoms with Crippen molar-refractivity contribution in [3.63, 3.8) is 0 Å². The molecule has 1 aromatic heterocycles. The van der Waals surface area contributed by atoms with Crippen molar-refractivity contribution < 1.29 is 5.11 Å². The maximum absolute atomic E-state index is 9.54. The number of hydrogen-bond acceptors (Lipinski definition) is 3. The minimum Gasteiger partial charge on any atom is -0.391 e. The van der Waals surface area contributed by atoms with Crippen LogP contribution in [0.15, 0.2) is 22.8 Å². The summed E-state index contributed by atoms with van der Waals surface area (Å²) in [6.45, 7) is 2.79. The van der Waals surface area contributed by atoms with Crippen molar-refractivity contribution in [2.24, 2.45) is 0 Å². The Hall–Kier alpha value is -0.610. The number of hydrogen-bond donors (Lipinski definition) is 1. The van der Waals surface area contributed by atoms with Gasteiger partial charge in [-0.3, -0.25) is 0 Å². The summed E-state index contributed by atoms with van der Waals surface area (Å²) in [5.74, 6) is 0.927. The Morgan fingerprint density at radius 3 is 3.00 bits per heavy atom. The highest BCUT2D eigenvalue weighted by Crippen LogP contribution is 2.29. The summed E-state index contributed by atoms with van der Waals surface area (Å²) in [4.78, 5) is 6.45. The molecule has 1 fully saturated rings. The highest BCUT2D eigenvalue weighted by atomic mass is 79.9. The van der Waals surface area contributed by atoms with Gasteiger partial charge in [0.15, 0.2) is 0 Å². The van der Waals surface area contributed by atoms with Crippen LogP contribution in [0.4, 0.5) is 5.82 Å². The van der Waals surface area contributed by atoms with E-state index in [9.17, 15) is 5.11 Å². The third-order valence-corrected chi connectivity index (χ3v) is 3.18. The van der Waals surface area contributed by atoms with Gasteiger partial charge in [-0.25, -0.2) is 4.98 Å². The van der Waals surface area contributed by atoms with E-state index in [1.54, 1.807) is 6.20 Å². The van der Waals surface area contributed by atoms with Gasteiger partial charge in [-0.1, -0.05) is 0 Å². The van der Waals surface area contributed by atoms with Crippen LogP contribution in [0, 0.1) is 0 Å². The maximum atomic E-state index is 9.54. The minimum absolute atomic E-state index is 0.223. The van der Waals surface area contributed by atoms with E-state index in [1.807, 2.05) is 12.1 Å². The predicted octanol–water partition coefficient (Wildman–Crippen LogP) is 1.80. The van der Waals surface area contributed by atoms with Crippen LogP contribution >= 0.6 is 15.9 Å². The summed E-state index contributed by atoms with van der Waals surface area (Å²) in [6.07, 6.45) is 2.37. The average molecular weight is 257 g/mol. The number of β-amino-alcohol motifs (C(OH)–C–C–N with tert-alkyl or cyclic N) is 1. The van der Waals surface area contributed by atoms with E-state index < -0.39 is 0 Å². The van der Waals surface area contributed by atoms with Gasteiger partial charge in [-0.05, 0) is 41.4 Å². The molecule has 1 N–H and O–H groups in total. The highest BCUT2D eigenvalue weighted by molar-refractivity contribution is 9.10. The zero-order valence-electron chi connectivity index (χ0n) is 8.02. The molecule has 1 aromatic rings. The number of aliphatic hydroxyl groups is 1. The van der Waals surface area contributed by atoms with Gasteiger partial charge in [0.05, 0.1) is 10.6 Å². The Bertz CT molecular complexity index is 332. The minimum atomic E-state index is -0.223.